The van der Waals surface area contributed by atoms with E-state index in [-0.39, 0.29) is 47.3 Å². The first kappa shape index (κ1) is 30.5. The Morgan fingerprint density at radius 3 is 2.33 bits per heavy atom. The summed E-state index contributed by atoms with van der Waals surface area (Å²) in [5.74, 6) is -1.59. The molecular weight excluding hydrogens is 570 g/mol. The maximum absolute atomic E-state index is 13.5. The zero-order valence-corrected chi connectivity index (χ0v) is 23.0. The average molecular weight is 594 g/mol. The molecule has 0 spiro atoms. The summed E-state index contributed by atoms with van der Waals surface area (Å²) in [6.07, 6.45) is -4.83. The number of imidazole rings is 1. The summed E-state index contributed by atoms with van der Waals surface area (Å²) in [6.45, 7) is 1.72. The summed E-state index contributed by atoms with van der Waals surface area (Å²) >= 11 is 6.17. The number of carbonyl (C=O) groups excluding carboxylic acids is 3. The molecule has 4 rings (SSSR count). The van der Waals surface area contributed by atoms with Crippen molar-refractivity contribution >= 4 is 64.1 Å². The number of fused-ring (bicyclic) bond motifs is 1. The molecule has 210 valence electrons. The van der Waals surface area contributed by atoms with Gasteiger partial charge in [0.2, 0.25) is 5.91 Å². The number of carbonyl (C=O) groups is 3. The number of hydrogen-bond donors (Lipinski definition) is 3. The SMILES string of the molecule is Cc1c(Cl)cccc1NC(=O)c1cc(NC(=O)c2ccccc2C(F)(F)F)cc2[nH]c(CC(=O)N(C)C)nc12.Cl. The van der Waals surface area contributed by atoms with Crippen molar-refractivity contribution in [2.45, 2.75) is 19.5 Å². The lowest BCUT2D eigenvalue weighted by atomic mass is 10.1. The summed E-state index contributed by atoms with van der Waals surface area (Å²) in [4.78, 5) is 47.3. The highest BCUT2D eigenvalue weighted by Gasteiger charge is 2.35. The third kappa shape index (κ3) is 6.54. The Morgan fingerprint density at radius 1 is 0.975 bits per heavy atom. The summed E-state index contributed by atoms with van der Waals surface area (Å²) in [5.41, 5.74) is -0.0351. The van der Waals surface area contributed by atoms with Gasteiger partial charge in [-0.05, 0) is 48.9 Å². The molecule has 0 saturated carbocycles. The fourth-order valence-electron chi connectivity index (χ4n) is 3.86. The van der Waals surface area contributed by atoms with Crippen molar-refractivity contribution < 1.29 is 27.6 Å². The third-order valence-corrected chi connectivity index (χ3v) is 6.36. The molecule has 0 unspecified atom stereocenters. The highest BCUT2D eigenvalue weighted by atomic mass is 35.5. The molecule has 0 saturated heterocycles. The summed E-state index contributed by atoms with van der Waals surface area (Å²) in [5, 5.41) is 5.64. The minimum atomic E-state index is -4.74. The second-order valence-corrected chi connectivity index (χ2v) is 9.34. The third-order valence-electron chi connectivity index (χ3n) is 5.95. The highest BCUT2D eigenvalue weighted by molar-refractivity contribution is 6.31. The van der Waals surface area contributed by atoms with Gasteiger partial charge >= 0.3 is 6.18 Å². The van der Waals surface area contributed by atoms with Crippen LogP contribution in [0.3, 0.4) is 0 Å². The van der Waals surface area contributed by atoms with Crippen molar-refractivity contribution in [2.75, 3.05) is 24.7 Å². The number of amides is 3. The van der Waals surface area contributed by atoms with E-state index in [4.69, 9.17) is 11.6 Å². The van der Waals surface area contributed by atoms with Gasteiger partial charge in [-0.3, -0.25) is 14.4 Å². The van der Waals surface area contributed by atoms with E-state index < -0.39 is 29.1 Å². The number of H-pyrrole nitrogens is 1. The lowest BCUT2D eigenvalue weighted by molar-refractivity contribution is -0.138. The van der Waals surface area contributed by atoms with Gasteiger partial charge in [-0.15, -0.1) is 12.4 Å². The quantitative estimate of drug-likeness (QED) is 0.251. The molecule has 0 radical (unpaired) electrons. The van der Waals surface area contributed by atoms with E-state index in [9.17, 15) is 27.6 Å². The molecule has 0 atom stereocenters. The number of anilines is 2. The number of nitrogens with one attached hydrogen (secondary N) is 3. The first-order valence-corrected chi connectivity index (χ1v) is 12.0. The monoisotopic (exact) mass is 593 g/mol. The lowest BCUT2D eigenvalue weighted by Gasteiger charge is -2.14. The number of rotatable bonds is 6. The molecule has 0 bridgehead atoms. The summed E-state index contributed by atoms with van der Waals surface area (Å²) < 4.78 is 40.4. The van der Waals surface area contributed by atoms with E-state index >= 15 is 0 Å². The molecule has 4 aromatic rings. The van der Waals surface area contributed by atoms with Crippen LogP contribution < -0.4 is 10.6 Å². The topological polar surface area (TPSA) is 107 Å². The van der Waals surface area contributed by atoms with Crippen molar-refractivity contribution in [3.8, 4) is 0 Å². The maximum Gasteiger partial charge on any atom is 0.417 e. The van der Waals surface area contributed by atoms with E-state index in [1.165, 1.54) is 29.2 Å². The van der Waals surface area contributed by atoms with E-state index in [1.54, 1.807) is 39.2 Å². The van der Waals surface area contributed by atoms with Crippen LogP contribution in [-0.2, 0) is 17.4 Å². The largest absolute Gasteiger partial charge is 0.417 e. The number of halogens is 5. The van der Waals surface area contributed by atoms with Crippen LogP contribution in [0.4, 0.5) is 24.5 Å². The van der Waals surface area contributed by atoms with Gasteiger partial charge in [0.15, 0.2) is 0 Å². The minimum absolute atomic E-state index is 0. The zero-order chi connectivity index (χ0) is 28.5. The molecular formula is C27H24Cl2F3N5O3. The van der Waals surface area contributed by atoms with Crippen LogP contribution in [0.1, 0.15) is 37.7 Å². The van der Waals surface area contributed by atoms with Crippen LogP contribution in [0.2, 0.25) is 5.02 Å². The molecule has 0 aliphatic carbocycles. The molecule has 3 amide bonds. The van der Waals surface area contributed by atoms with Gasteiger partial charge in [-0.25, -0.2) is 4.98 Å². The number of aromatic amines is 1. The molecule has 3 aromatic carbocycles. The van der Waals surface area contributed by atoms with E-state index in [0.29, 0.717) is 21.8 Å². The zero-order valence-electron chi connectivity index (χ0n) is 21.4. The maximum atomic E-state index is 13.5. The number of alkyl halides is 3. The van der Waals surface area contributed by atoms with E-state index in [0.717, 1.165) is 12.1 Å². The van der Waals surface area contributed by atoms with Crippen LogP contribution in [0.5, 0.6) is 0 Å². The molecule has 0 aliphatic heterocycles. The summed E-state index contributed by atoms with van der Waals surface area (Å²) in [6, 6.07) is 12.1. The van der Waals surface area contributed by atoms with Gasteiger partial charge in [0.25, 0.3) is 11.8 Å². The smallest absolute Gasteiger partial charge is 0.348 e. The van der Waals surface area contributed by atoms with Crippen LogP contribution in [0.25, 0.3) is 11.0 Å². The Morgan fingerprint density at radius 2 is 1.65 bits per heavy atom. The Labute approximate surface area is 238 Å². The van der Waals surface area contributed by atoms with Crippen molar-refractivity contribution in [3.63, 3.8) is 0 Å². The normalized spacial score (nSPS) is 11.1. The number of aromatic nitrogens is 2. The molecule has 0 fully saturated rings. The standard InChI is InChI=1S/C27H23ClF3N5O3.ClH/c1-14-19(28)9-6-10-20(14)34-26(39)17-11-15(12-21-24(17)35-22(33-21)13-23(37)36(2)3)32-25(38)16-7-4-5-8-18(16)27(29,30)31;/h4-12H,13H2,1-3H3,(H,32,38)(H,33,35)(H,34,39);1H. The van der Waals surface area contributed by atoms with Gasteiger partial charge in [-0.1, -0.05) is 29.8 Å². The van der Waals surface area contributed by atoms with Crippen LogP contribution in [0.15, 0.2) is 54.6 Å². The molecule has 8 nitrogen and oxygen atoms in total. The second-order valence-electron chi connectivity index (χ2n) is 8.93. The van der Waals surface area contributed by atoms with Gasteiger partial charge in [0.1, 0.15) is 11.3 Å². The Balaban J connectivity index is 0.00000441. The highest BCUT2D eigenvalue weighted by Crippen LogP contribution is 2.33. The minimum Gasteiger partial charge on any atom is -0.348 e. The van der Waals surface area contributed by atoms with E-state index in [1.807, 2.05) is 0 Å². The van der Waals surface area contributed by atoms with Gasteiger partial charge in [-0.2, -0.15) is 13.2 Å². The van der Waals surface area contributed by atoms with Crippen molar-refractivity contribution in [2.24, 2.45) is 0 Å². The number of hydrogen-bond acceptors (Lipinski definition) is 4. The molecule has 1 aromatic heterocycles. The second kappa shape index (κ2) is 12.0. The predicted molar refractivity (Wildman–Crippen MR) is 149 cm³/mol. The summed E-state index contributed by atoms with van der Waals surface area (Å²) in [7, 11) is 3.17. The van der Waals surface area contributed by atoms with Crippen LogP contribution in [-0.4, -0.2) is 46.7 Å². The average Bonchev–Trinajstić information content (AvgIpc) is 3.27. The Hall–Kier alpha value is -4.09. The van der Waals surface area contributed by atoms with Gasteiger partial charge in [0.05, 0.1) is 28.6 Å². The number of likely N-dealkylation sites (N-methyl/N-ethyl adjacent to an activating group) is 1. The number of benzene rings is 3. The van der Waals surface area contributed by atoms with Crippen LogP contribution in [0, 0.1) is 6.92 Å². The lowest BCUT2D eigenvalue weighted by Crippen LogP contribution is -2.23. The molecule has 1 heterocycles. The van der Waals surface area contributed by atoms with Crippen molar-refractivity contribution in [1.29, 1.82) is 0 Å². The molecule has 3 N–H and O–H groups in total. The molecule has 40 heavy (non-hydrogen) atoms. The van der Waals surface area contributed by atoms with Gasteiger partial charge < -0.3 is 20.5 Å². The van der Waals surface area contributed by atoms with E-state index in [2.05, 4.69) is 20.6 Å². The fourth-order valence-corrected chi connectivity index (χ4v) is 4.03. The number of nitrogens with zero attached hydrogens (tertiary/aromatic N) is 2. The van der Waals surface area contributed by atoms with Crippen LogP contribution >= 0.6 is 24.0 Å². The van der Waals surface area contributed by atoms with Crippen molar-refractivity contribution in [1.82, 2.24) is 14.9 Å². The first-order chi connectivity index (χ1) is 18.3. The predicted octanol–water partition coefficient (Wildman–Crippen LogP) is 6.10. The molecule has 0 aliphatic rings. The van der Waals surface area contributed by atoms with Gasteiger partial charge in [0, 0.05) is 30.5 Å². The first-order valence-electron chi connectivity index (χ1n) is 11.6. The molecule has 13 heteroatoms. The Kier molecular flexibility index (Phi) is 9.11. The fraction of sp³-hybridized carbons (Fsp3) is 0.185. The Bertz CT molecular complexity index is 1600. The van der Waals surface area contributed by atoms with Crippen molar-refractivity contribution in [3.05, 3.63) is 87.7 Å².